The van der Waals surface area contributed by atoms with E-state index < -0.39 is 0 Å². The number of nitrogens with two attached hydrogens (primary N) is 1. The fourth-order valence-electron chi connectivity index (χ4n) is 2.09. The molecule has 0 aromatic carbocycles. The topological polar surface area (TPSA) is 58.4 Å². The van der Waals surface area contributed by atoms with Crippen LogP contribution in [-0.4, -0.2) is 41.0 Å². The van der Waals surface area contributed by atoms with Crippen molar-refractivity contribution < 1.29 is 4.79 Å². The molecule has 5 heteroatoms. The molecule has 18 heavy (non-hydrogen) atoms. The summed E-state index contributed by atoms with van der Waals surface area (Å²) in [5, 5.41) is 3.04. The zero-order valence-corrected chi connectivity index (χ0v) is 12.3. The average molecular weight is 271 g/mol. The number of amides is 1. The second-order valence-corrected chi connectivity index (χ2v) is 5.70. The number of nitrogens with zero attached hydrogens (tertiary/aromatic N) is 1. The maximum absolute atomic E-state index is 11.9. The predicted molar refractivity (Wildman–Crippen MR) is 78.5 cm³/mol. The number of carbonyl (C=O) groups excluding carboxylic acids is 1. The third kappa shape index (κ3) is 6.31. The molecular formula is C13H25N3OS. The van der Waals surface area contributed by atoms with Gasteiger partial charge in [-0.05, 0) is 26.2 Å². The summed E-state index contributed by atoms with van der Waals surface area (Å²) >= 11 is 4.89. The van der Waals surface area contributed by atoms with Crippen LogP contribution >= 0.6 is 12.2 Å². The molecule has 104 valence electrons. The van der Waals surface area contributed by atoms with Gasteiger partial charge in [-0.25, -0.2) is 0 Å². The van der Waals surface area contributed by atoms with E-state index in [1.54, 1.807) is 0 Å². The number of thiocarbonyl (C=S) groups is 1. The summed E-state index contributed by atoms with van der Waals surface area (Å²) in [6, 6.07) is 0.825. The van der Waals surface area contributed by atoms with E-state index in [0.29, 0.717) is 24.0 Å². The zero-order valence-electron chi connectivity index (χ0n) is 11.4. The minimum Gasteiger partial charge on any atom is -0.393 e. The minimum absolute atomic E-state index is 0.116. The molecule has 0 heterocycles. The molecule has 1 aliphatic rings. The summed E-state index contributed by atoms with van der Waals surface area (Å²) in [7, 11) is 0. The van der Waals surface area contributed by atoms with Crippen LogP contribution in [0.4, 0.5) is 0 Å². The number of hydrogen-bond acceptors (Lipinski definition) is 3. The fourth-order valence-corrected chi connectivity index (χ4v) is 2.19. The van der Waals surface area contributed by atoms with Crippen LogP contribution < -0.4 is 11.1 Å². The van der Waals surface area contributed by atoms with E-state index in [0.717, 1.165) is 19.4 Å². The molecule has 0 radical (unpaired) electrons. The monoisotopic (exact) mass is 271 g/mol. The molecule has 1 fully saturated rings. The molecule has 0 aromatic heterocycles. The van der Waals surface area contributed by atoms with Gasteiger partial charge >= 0.3 is 0 Å². The predicted octanol–water partition coefficient (Wildman–Crippen LogP) is 1.43. The van der Waals surface area contributed by atoms with Crippen LogP contribution in [0.1, 0.15) is 46.0 Å². The Kier molecular flexibility index (Phi) is 6.57. The summed E-state index contributed by atoms with van der Waals surface area (Å²) in [5.41, 5.74) is 5.52. The van der Waals surface area contributed by atoms with Gasteiger partial charge < -0.3 is 11.1 Å². The summed E-state index contributed by atoms with van der Waals surface area (Å²) in [6.45, 7) is 5.45. The Labute approximate surface area is 115 Å². The van der Waals surface area contributed by atoms with E-state index in [9.17, 15) is 4.79 Å². The van der Waals surface area contributed by atoms with Crippen LogP contribution in [-0.2, 0) is 4.79 Å². The van der Waals surface area contributed by atoms with Gasteiger partial charge in [0.25, 0.3) is 0 Å². The third-order valence-corrected chi connectivity index (χ3v) is 3.39. The van der Waals surface area contributed by atoms with Gasteiger partial charge in [0.05, 0.1) is 11.5 Å². The van der Waals surface area contributed by atoms with Crippen molar-refractivity contribution in [2.45, 2.75) is 58.0 Å². The second-order valence-electron chi connectivity index (χ2n) is 5.18. The molecule has 0 spiro atoms. The molecular weight excluding hydrogens is 246 g/mol. The Hall–Kier alpha value is -0.680. The summed E-state index contributed by atoms with van der Waals surface area (Å²) in [5.74, 6) is 0.116. The van der Waals surface area contributed by atoms with Gasteiger partial charge in [0.1, 0.15) is 0 Å². The van der Waals surface area contributed by atoms with Crippen LogP contribution in [0.2, 0.25) is 0 Å². The van der Waals surface area contributed by atoms with Crippen LogP contribution in [0.15, 0.2) is 0 Å². The molecule has 1 amide bonds. The maximum Gasteiger partial charge on any atom is 0.234 e. The first-order valence-electron chi connectivity index (χ1n) is 6.84. The molecule has 1 atom stereocenters. The SMILES string of the molecule is CCCC(C)NC(=O)CN(CCC(N)=S)C1CC1. The third-order valence-electron chi connectivity index (χ3n) is 3.18. The molecule has 0 aromatic rings. The first-order valence-corrected chi connectivity index (χ1v) is 7.25. The van der Waals surface area contributed by atoms with Gasteiger partial charge in [-0.15, -0.1) is 0 Å². The molecule has 3 N–H and O–H groups in total. The second kappa shape index (κ2) is 7.69. The largest absolute Gasteiger partial charge is 0.393 e. The lowest BCUT2D eigenvalue weighted by molar-refractivity contribution is -0.123. The molecule has 1 unspecified atom stereocenters. The van der Waals surface area contributed by atoms with Crippen molar-refractivity contribution in [3.8, 4) is 0 Å². The summed E-state index contributed by atoms with van der Waals surface area (Å²) < 4.78 is 0. The zero-order chi connectivity index (χ0) is 13.5. The lowest BCUT2D eigenvalue weighted by Crippen LogP contribution is -2.42. The number of carbonyl (C=O) groups is 1. The quantitative estimate of drug-likeness (QED) is 0.623. The smallest absolute Gasteiger partial charge is 0.234 e. The van der Waals surface area contributed by atoms with Crippen LogP contribution in [0.5, 0.6) is 0 Å². The average Bonchev–Trinajstić information content (AvgIpc) is 3.07. The van der Waals surface area contributed by atoms with Crippen LogP contribution in [0, 0.1) is 0 Å². The maximum atomic E-state index is 11.9. The standard InChI is InChI=1S/C13H25N3OS/c1-3-4-10(2)15-13(17)9-16(11-5-6-11)8-7-12(14)18/h10-11H,3-9H2,1-2H3,(H2,14,18)(H,15,17). The lowest BCUT2D eigenvalue weighted by Gasteiger charge is -2.22. The Balaban J connectivity index is 2.31. The van der Waals surface area contributed by atoms with E-state index in [4.69, 9.17) is 18.0 Å². The van der Waals surface area contributed by atoms with Gasteiger partial charge in [-0.1, -0.05) is 25.6 Å². The minimum atomic E-state index is 0.116. The Morgan fingerprint density at radius 1 is 1.56 bits per heavy atom. The molecule has 0 saturated heterocycles. The highest BCUT2D eigenvalue weighted by atomic mass is 32.1. The molecule has 4 nitrogen and oxygen atoms in total. The highest BCUT2D eigenvalue weighted by Crippen LogP contribution is 2.26. The number of nitrogens with one attached hydrogen (secondary N) is 1. The van der Waals surface area contributed by atoms with Crippen molar-refractivity contribution >= 4 is 23.1 Å². The van der Waals surface area contributed by atoms with Crippen molar-refractivity contribution in [1.29, 1.82) is 0 Å². The van der Waals surface area contributed by atoms with Gasteiger partial charge in [-0.3, -0.25) is 9.69 Å². The molecule has 1 aliphatic carbocycles. The van der Waals surface area contributed by atoms with Crippen LogP contribution in [0.25, 0.3) is 0 Å². The molecule has 0 bridgehead atoms. The van der Waals surface area contributed by atoms with Crippen molar-refractivity contribution in [3.63, 3.8) is 0 Å². The Morgan fingerprint density at radius 3 is 2.72 bits per heavy atom. The van der Waals surface area contributed by atoms with E-state index >= 15 is 0 Å². The first kappa shape index (κ1) is 15.4. The normalized spacial score (nSPS) is 16.6. The van der Waals surface area contributed by atoms with Crippen LogP contribution in [0.3, 0.4) is 0 Å². The van der Waals surface area contributed by atoms with Gasteiger partial charge in [0.15, 0.2) is 0 Å². The summed E-state index contributed by atoms with van der Waals surface area (Å²) in [4.78, 5) is 14.6. The Morgan fingerprint density at radius 2 is 2.22 bits per heavy atom. The van der Waals surface area contributed by atoms with E-state index in [2.05, 4.69) is 24.1 Å². The van der Waals surface area contributed by atoms with E-state index in [1.807, 2.05) is 0 Å². The molecule has 0 aliphatic heterocycles. The van der Waals surface area contributed by atoms with Crippen molar-refractivity contribution in [2.75, 3.05) is 13.1 Å². The van der Waals surface area contributed by atoms with E-state index in [1.165, 1.54) is 12.8 Å². The van der Waals surface area contributed by atoms with Gasteiger partial charge in [0.2, 0.25) is 5.91 Å². The highest BCUT2D eigenvalue weighted by molar-refractivity contribution is 7.80. The Bertz CT molecular complexity index is 292. The molecule has 1 saturated carbocycles. The number of rotatable bonds is 9. The van der Waals surface area contributed by atoms with Crippen molar-refractivity contribution in [2.24, 2.45) is 5.73 Å². The fraction of sp³-hybridized carbons (Fsp3) is 0.846. The highest BCUT2D eigenvalue weighted by Gasteiger charge is 2.30. The lowest BCUT2D eigenvalue weighted by atomic mass is 10.2. The van der Waals surface area contributed by atoms with E-state index in [-0.39, 0.29) is 11.9 Å². The number of hydrogen-bond donors (Lipinski definition) is 2. The first-order chi connectivity index (χ1) is 8.52. The van der Waals surface area contributed by atoms with Gasteiger partial charge in [0, 0.05) is 25.0 Å². The van der Waals surface area contributed by atoms with Crippen molar-refractivity contribution in [1.82, 2.24) is 10.2 Å². The van der Waals surface area contributed by atoms with Crippen molar-refractivity contribution in [3.05, 3.63) is 0 Å². The summed E-state index contributed by atoms with van der Waals surface area (Å²) in [6.07, 6.45) is 5.20. The van der Waals surface area contributed by atoms with Gasteiger partial charge in [-0.2, -0.15) is 0 Å². The molecule has 1 rings (SSSR count).